The summed E-state index contributed by atoms with van der Waals surface area (Å²) in [4.78, 5) is 0. The Morgan fingerprint density at radius 2 is 2.50 bits per heavy atom. The number of rotatable bonds is 4. The van der Waals surface area contributed by atoms with Gasteiger partial charge < -0.3 is 0 Å². The van der Waals surface area contributed by atoms with Crippen molar-refractivity contribution in [3.05, 3.63) is 47.8 Å². The lowest BCUT2D eigenvalue weighted by molar-refractivity contribution is 0.553. The van der Waals surface area contributed by atoms with Crippen LogP contribution >= 0.6 is 11.3 Å². The summed E-state index contributed by atoms with van der Waals surface area (Å²) in [6.45, 7) is 5.09. The number of hydrogen-bond acceptors (Lipinski definition) is 2. The second kappa shape index (κ2) is 4.42. The summed E-state index contributed by atoms with van der Waals surface area (Å²) in [5.74, 6) is 0.380. The van der Waals surface area contributed by atoms with Crippen LogP contribution in [-0.4, -0.2) is 9.78 Å². The summed E-state index contributed by atoms with van der Waals surface area (Å²) in [7, 11) is 0. The van der Waals surface area contributed by atoms with Crippen LogP contribution in [0.2, 0.25) is 0 Å². The topological polar surface area (TPSA) is 17.8 Å². The largest absolute Gasteiger partial charge is 0.273 e. The Balaban J connectivity index is 1.87. The fraction of sp³-hybridized carbons (Fsp3) is 0.273. The fourth-order valence-electron chi connectivity index (χ4n) is 1.39. The molecule has 0 fully saturated rings. The zero-order chi connectivity index (χ0) is 9.80. The average molecular weight is 205 g/mol. The maximum Gasteiger partial charge on any atom is 0.0489 e. The van der Waals surface area contributed by atoms with Crippen molar-refractivity contribution in [3.63, 3.8) is 0 Å². The van der Waals surface area contributed by atoms with Crippen LogP contribution in [-0.2, 0) is 6.54 Å². The van der Waals surface area contributed by atoms with Crippen LogP contribution < -0.4 is 0 Å². The monoisotopic (exact) mass is 205 g/mol. The summed E-state index contributed by atoms with van der Waals surface area (Å²) >= 11 is 1.73. The maximum atomic E-state index is 4.16. The van der Waals surface area contributed by atoms with E-state index in [4.69, 9.17) is 0 Å². The molecule has 0 amide bonds. The van der Waals surface area contributed by atoms with Crippen molar-refractivity contribution < 1.29 is 0 Å². The Hall–Kier alpha value is -1.09. The van der Waals surface area contributed by atoms with Gasteiger partial charge >= 0.3 is 0 Å². The minimum atomic E-state index is 0.380. The molecule has 0 bridgehead atoms. The molecule has 0 saturated carbocycles. The smallest absolute Gasteiger partial charge is 0.0489 e. The van der Waals surface area contributed by atoms with E-state index in [1.165, 1.54) is 5.56 Å². The van der Waals surface area contributed by atoms with E-state index in [0.717, 1.165) is 13.0 Å². The summed E-state index contributed by atoms with van der Waals surface area (Å²) in [6.07, 6.45) is 4.83. The quantitative estimate of drug-likeness (QED) is 0.750. The van der Waals surface area contributed by atoms with Crippen LogP contribution in [0.15, 0.2) is 35.3 Å². The van der Waals surface area contributed by atoms with Crippen LogP contribution in [0.25, 0.3) is 0 Å². The summed E-state index contributed by atoms with van der Waals surface area (Å²) in [5.41, 5.74) is 1.34. The first-order chi connectivity index (χ1) is 6.86. The lowest BCUT2D eigenvalue weighted by atomic mass is 10.0. The Bertz CT molecular complexity index is 351. The highest BCUT2D eigenvalue weighted by Gasteiger charge is 2.05. The molecule has 1 radical (unpaired) electrons. The highest BCUT2D eigenvalue weighted by molar-refractivity contribution is 7.07. The van der Waals surface area contributed by atoms with E-state index in [1.807, 2.05) is 23.1 Å². The second-order valence-corrected chi connectivity index (χ2v) is 4.09. The predicted molar refractivity (Wildman–Crippen MR) is 59.3 cm³/mol. The van der Waals surface area contributed by atoms with Crippen molar-refractivity contribution in [2.45, 2.75) is 18.9 Å². The fourth-order valence-corrected chi connectivity index (χ4v) is 2.14. The van der Waals surface area contributed by atoms with Crippen molar-refractivity contribution >= 4 is 11.3 Å². The molecule has 3 heteroatoms. The third-order valence-electron chi connectivity index (χ3n) is 2.28. The molecule has 2 aromatic rings. The van der Waals surface area contributed by atoms with Gasteiger partial charge in [-0.05, 0) is 47.7 Å². The molecule has 0 aromatic carbocycles. The molecular weight excluding hydrogens is 192 g/mol. The highest BCUT2D eigenvalue weighted by atomic mass is 32.1. The Morgan fingerprint density at radius 3 is 3.14 bits per heavy atom. The molecule has 1 unspecified atom stereocenters. The molecule has 0 N–H and O–H groups in total. The van der Waals surface area contributed by atoms with Crippen molar-refractivity contribution in [2.75, 3.05) is 0 Å². The summed E-state index contributed by atoms with van der Waals surface area (Å²) < 4.78 is 1.95. The molecule has 14 heavy (non-hydrogen) atoms. The molecule has 1 atom stereocenters. The van der Waals surface area contributed by atoms with Gasteiger partial charge in [-0.3, -0.25) is 4.68 Å². The molecule has 2 aromatic heterocycles. The first-order valence-corrected chi connectivity index (χ1v) is 5.63. The van der Waals surface area contributed by atoms with E-state index in [1.54, 1.807) is 11.3 Å². The maximum absolute atomic E-state index is 4.16. The molecule has 2 heterocycles. The van der Waals surface area contributed by atoms with Gasteiger partial charge in [0.25, 0.3) is 0 Å². The zero-order valence-corrected chi connectivity index (χ0v) is 8.78. The van der Waals surface area contributed by atoms with Gasteiger partial charge in [-0.25, -0.2) is 0 Å². The molecule has 0 aliphatic carbocycles. The van der Waals surface area contributed by atoms with Crippen molar-refractivity contribution in [3.8, 4) is 0 Å². The van der Waals surface area contributed by atoms with Crippen LogP contribution in [0.1, 0.15) is 17.9 Å². The number of nitrogens with zero attached hydrogens (tertiary/aromatic N) is 2. The van der Waals surface area contributed by atoms with Gasteiger partial charge in [0.05, 0.1) is 0 Å². The van der Waals surface area contributed by atoms with Gasteiger partial charge in [0.1, 0.15) is 0 Å². The van der Waals surface area contributed by atoms with E-state index < -0.39 is 0 Å². The lowest BCUT2D eigenvalue weighted by Gasteiger charge is -2.08. The van der Waals surface area contributed by atoms with Crippen molar-refractivity contribution in [1.29, 1.82) is 0 Å². The number of thiophene rings is 1. The lowest BCUT2D eigenvalue weighted by Crippen LogP contribution is -2.02. The van der Waals surface area contributed by atoms with E-state index >= 15 is 0 Å². The predicted octanol–water partition coefficient (Wildman–Crippen LogP) is 2.95. The molecular formula is C11H13N2S. The third kappa shape index (κ3) is 2.23. The molecule has 73 valence electrons. The average Bonchev–Trinajstić information content (AvgIpc) is 2.87. The highest BCUT2D eigenvalue weighted by Crippen LogP contribution is 2.21. The van der Waals surface area contributed by atoms with Gasteiger partial charge in [0.2, 0.25) is 0 Å². The van der Waals surface area contributed by atoms with Gasteiger partial charge in [0.15, 0.2) is 0 Å². The first-order valence-electron chi connectivity index (χ1n) is 4.69. The van der Waals surface area contributed by atoms with Crippen LogP contribution in [0.3, 0.4) is 0 Å². The normalized spacial score (nSPS) is 12.9. The van der Waals surface area contributed by atoms with Gasteiger partial charge in [0, 0.05) is 18.9 Å². The Kier molecular flexibility index (Phi) is 2.99. The first kappa shape index (κ1) is 9.46. The molecule has 0 aliphatic rings. The van der Waals surface area contributed by atoms with Gasteiger partial charge in [-0.2, -0.15) is 16.4 Å². The molecule has 0 aliphatic heterocycles. The third-order valence-corrected chi connectivity index (χ3v) is 2.98. The molecule has 0 spiro atoms. The standard InChI is InChI=1S/C11H13N2S/c1-10(11-4-8-14-9-11)3-7-13-6-2-5-12-13/h2,4-6,8-10H,1,3,7H2. The number of aryl methyl sites for hydroxylation is 1. The van der Waals surface area contributed by atoms with Crippen molar-refractivity contribution in [2.24, 2.45) is 0 Å². The molecule has 0 saturated heterocycles. The van der Waals surface area contributed by atoms with Gasteiger partial charge in [-0.1, -0.05) is 0 Å². The second-order valence-electron chi connectivity index (χ2n) is 3.31. The molecule has 2 rings (SSSR count). The Labute approximate surface area is 88.2 Å². The van der Waals surface area contributed by atoms with Crippen LogP contribution in [0, 0.1) is 6.92 Å². The SMILES string of the molecule is [CH2]C(CCn1cccn1)c1ccsc1. The molecule has 2 nitrogen and oxygen atoms in total. The minimum Gasteiger partial charge on any atom is -0.273 e. The summed E-state index contributed by atoms with van der Waals surface area (Å²) in [6, 6.07) is 4.09. The van der Waals surface area contributed by atoms with Crippen LogP contribution in [0.4, 0.5) is 0 Å². The van der Waals surface area contributed by atoms with E-state index in [9.17, 15) is 0 Å². The van der Waals surface area contributed by atoms with Crippen LogP contribution in [0.5, 0.6) is 0 Å². The minimum absolute atomic E-state index is 0.380. The van der Waals surface area contributed by atoms with E-state index in [-0.39, 0.29) is 0 Å². The van der Waals surface area contributed by atoms with Crippen molar-refractivity contribution in [1.82, 2.24) is 9.78 Å². The van der Waals surface area contributed by atoms with E-state index in [2.05, 4.69) is 28.8 Å². The van der Waals surface area contributed by atoms with E-state index in [0.29, 0.717) is 5.92 Å². The number of aromatic nitrogens is 2. The van der Waals surface area contributed by atoms with Gasteiger partial charge in [-0.15, -0.1) is 0 Å². The zero-order valence-electron chi connectivity index (χ0n) is 7.97. The summed E-state index contributed by atoms with van der Waals surface area (Å²) in [5, 5.41) is 8.43. The number of hydrogen-bond donors (Lipinski definition) is 0. The Morgan fingerprint density at radius 1 is 1.57 bits per heavy atom.